The molecule has 26 heavy (non-hydrogen) atoms. The van der Waals surface area contributed by atoms with Gasteiger partial charge in [-0.2, -0.15) is 0 Å². The SMILES string of the molecule is O=C(O)C(=Cc1ccc(-c2ccccc2)o1)NC(=O)c1ccccc1Cl. The Kier molecular flexibility index (Phi) is 5.20. The van der Waals surface area contributed by atoms with Gasteiger partial charge < -0.3 is 14.8 Å². The molecule has 0 aliphatic rings. The van der Waals surface area contributed by atoms with Crippen LogP contribution >= 0.6 is 11.6 Å². The first-order chi connectivity index (χ1) is 12.5. The smallest absolute Gasteiger partial charge is 0.352 e. The Labute approximate surface area is 154 Å². The number of nitrogens with one attached hydrogen (secondary N) is 1. The number of carboxylic acids is 1. The van der Waals surface area contributed by atoms with Crippen molar-refractivity contribution in [2.24, 2.45) is 0 Å². The van der Waals surface area contributed by atoms with Crippen LogP contribution in [0.4, 0.5) is 0 Å². The molecule has 1 aromatic heterocycles. The van der Waals surface area contributed by atoms with Crippen molar-refractivity contribution in [1.82, 2.24) is 5.32 Å². The lowest BCUT2D eigenvalue weighted by Crippen LogP contribution is -2.27. The summed E-state index contributed by atoms with van der Waals surface area (Å²) in [5.74, 6) is -0.998. The molecule has 0 aliphatic heterocycles. The lowest BCUT2D eigenvalue weighted by atomic mass is 10.2. The second kappa shape index (κ2) is 7.72. The summed E-state index contributed by atoms with van der Waals surface area (Å²) in [6.45, 7) is 0. The molecule has 5 nitrogen and oxygen atoms in total. The van der Waals surface area contributed by atoms with Crippen molar-refractivity contribution in [2.75, 3.05) is 0 Å². The molecule has 3 rings (SSSR count). The van der Waals surface area contributed by atoms with Crippen molar-refractivity contribution < 1.29 is 19.1 Å². The number of hydrogen-bond acceptors (Lipinski definition) is 3. The molecule has 0 atom stereocenters. The summed E-state index contributed by atoms with van der Waals surface area (Å²) in [5.41, 5.74) is 0.735. The third-order valence-electron chi connectivity index (χ3n) is 3.57. The summed E-state index contributed by atoms with van der Waals surface area (Å²) >= 11 is 5.97. The van der Waals surface area contributed by atoms with Gasteiger partial charge in [-0.1, -0.05) is 54.1 Å². The second-order valence-corrected chi connectivity index (χ2v) is 5.77. The fourth-order valence-corrected chi connectivity index (χ4v) is 2.54. The predicted molar refractivity (Wildman–Crippen MR) is 98.7 cm³/mol. The highest BCUT2D eigenvalue weighted by atomic mass is 35.5. The molecule has 1 amide bonds. The van der Waals surface area contributed by atoms with Gasteiger partial charge in [0.15, 0.2) is 0 Å². The third kappa shape index (κ3) is 4.02. The minimum atomic E-state index is -1.29. The quantitative estimate of drug-likeness (QED) is 0.653. The molecule has 1 heterocycles. The number of carboxylic acid groups (broad SMARTS) is 1. The Morgan fingerprint density at radius 1 is 0.962 bits per heavy atom. The van der Waals surface area contributed by atoms with Crippen molar-refractivity contribution in [3.63, 3.8) is 0 Å². The molecule has 0 bridgehead atoms. The van der Waals surface area contributed by atoms with Gasteiger partial charge in [0.1, 0.15) is 17.2 Å². The lowest BCUT2D eigenvalue weighted by Gasteiger charge is -2.07. The molecule has 3 aromatic rings. The maximum absolute atomic E-state index is 12.3. The lowest BCUT2D eigenvalue weighted by molar-refractivity contribution is -0.132. The number of benzene rings is 2. The van der Waals surface area contributed by atoms with Gasteiger partial charge in [0, 0.05) is 11.6 Å². The van der Waals surface area contributed by atoms with Crippen LogP contribution in [0.2, 0.25) is 5.02 Å². The molecular weight excluding hydrogens is 354 g/mol. The van der Waals surface area contributed by atoms with E-state index in [-0.39, 0.29) is 16.3 Å². The van der Waals surface area contributed by atoms with E-state index in [2.05, 4.69) is 5.32 Å². The second-order valence-electron chi connectivity index (χ2n) is 5.37. The summed E-state index contributed by atoms with van der Waals surface area (Å²) in [4.78, 5) is 23.7. The minimum absolute atomic E-state index is 0.186. The van der Waals surface area contributed by atoms with Gasteiger partial charge in [0.05, 0.1) is 10.6 Å². The van der Waals surface area contributed by atoms with E-state index in [1.54, 1.807) is 30.3 Å². The summed E-state index contributed by atoms with van der Waals surface area (Å²) in [6, 6.07) is 19.2. The van der Waals surface area contributed by atoms with Crippen molar-refractivity contribution in [3.05, 3.63) is 88.8 Å². The van der Waals surface area contributed by atoms with E-state index in [9.17, 15) is 14.7 Å². The van der Waals surface area contributed by atoms with Crippen LogP contribution in [0.5, 0.6) is 0 Å². The van der Waals surface area contributed by atoms with E-state index in [1.165, 1.54) is 12.1 Å². The molecule has 6 heteroatoms. The van der Waals surface area contributed by atoms with E-state index in [1.807, 2.05) is 30.3 Å². The maximum atomic E-state index is 12.3. The summed E-state index contributed by atoms with van der Waals surface area (Å²) in [6.07, 6.45) is 1.25. The van der Waals surface area contributed by atoms with Crippen LogP contribution in [-0.4, -0.2) is 17.0 Å². The maximum Gasteiger partial charge on any atom is 0.352 e. The van der Waals surface area contributed by atoms with Gasteiger partial charge in [-0.3, -0.25) is 4.79 Å². The number of hydrogen-bond donors (Lipinski definition) is 2. The fraction of sp³-hybridized carbons (Fsp3) is 0. The van der Waals surface area contributed by atoms with E-state index >= 15 is 0 Å². The van der Waals surface area contributed by atoms with Crippen molar-refractivity contribution in [1.29, 1.82) is 0 Å². The first-order valence-corrected chi connectivity index (χ1v) is 8.08. The minimum Gasteiger partial charge on any atom is -0.477 e. The summed E-state index contributed by atoms with van der Waals surface area (Å²) in [5, 5.41) is 12.0. The Bertz CT molecular complexity index is 976. The van der Waals surface area contributed by atoms with Gasteiger partial charge in [-0.05, 0) is 24.3 Å². The Balaban J connectivity index is 1.84. The highest BCUT2D eigenvalue weighted by Crippen LogP contribution is 2.23. The Morgan fingerprint density at radius 2 is 1.65 bits per heavy atom. The monoisotopic (exact) mass is 367 g/mol. The normalized spacial score (nSPS) is 11.2. The third-order valence-corrected chi connectivity index (χ3v) is 3.90. The average molecular weight is 368 g/mol. The average Bonchev–Trinajstić information content (AvgIpc) is 3.11. The van der Waals surface area contributed by atoms with Crippen LogP contribution < -0.4 is 5.32 Å². The number of rotatable bonds is 5. The first-order valence-electron chi connectivity index (χ1n) is 7.71. The van der Waals surface area contributed by atoms with Crippen LogP contribution in [0.3, 0.4) is 0 Å². The molecule has 0 saturated carbocycles. The Hall–Kier alpha value is -3.31. The number of aliphatic carboxylic acids is 1. The van der Waals surface area contributed by atoms with E-state index in [0.717, 1.165) is 5.56 Å². The molecule has 2 aromatic carbocycles. The van der Waals surface area contributed by atoms with Crippen LogP contribution in [-0.2, 0) is 4.79 Å². The molecule has 0 saturated heterocycles. The van der Waals surface area contributed by atoms with Crippen molar-refractivity contribution >= 4 is 29.6 Å². The van der Waals surface area contributed by atoms with E-state index < -0.39 is 11.9 Å². The van der Waals surface area contributed by atoms with E-state index in [0.29, 0.717) is 11.5 Å². The van der Waals surface area contributed by atoms with Crippen LogP contribution in [0.1, 0.15) is 16.1 Å². The highest BCUT2D eigenvalue weighted by Gasteiger charge is 2.16. The molecule has 130 valence electrons. The number of amides is 1. The van der Waals surface area contributed by atoms with Gasteiger partial charge in [0.2, 0.25) is 0 Å². The standard InChI is InChI=1S/C20H14ClNO4/c21-16-9-5-4-8-15(16)19(23)22-17(20(24)25)12-14-10-11-18(26-14)13-6-2-1-3-7-13/h1-12H,(H,22,23)(H,24,25). The molecule has 0 aliphatic carbocycles. The van der Waals surface area contributed by atoms with E-state index in [4.69, 9.17) is 16.0 Å². The number of carbonyl (C=O) groups excluding carboxylic acids is 1. The molecule has 0 radical (unpaired) electrons. The number of furan rings is 1. The molecule has 0 spiro atoms. The fourth-order valence-electron chi connectivity index (χ4n) is 2.32. The van der Waals surface area contributed by atoms with Crippen molar-refractivity contribution in [3.8, 4) is 11.3 Å². The topological polar surface area (TPSA) is 79.5 Å². The highest BCUT2D eigenvalue weighted by molar-refractivity contribution is 6.34. The largest absolute Gasteiger partial charge is 0.477 e. The van der Waals surface area contributed by atoms with Gasteiger partial charge in [-0.15, -0.1) is 0 Å². The number of carbonyl (C=O) groups is 2. The molecule has 2 N–H and O–H groups in total. The van der Waals surface area contributed by atoms with Crippen LogP contribution in [0.15, 0.2) is 76.8 Å². The predicted octanol–water partition coefficient (Wildman–Crippen LogP) is 4.46. The van der Waals surface area contributed by atoms with Crippen LogP contribution in [0, 0.1) is 0 Å². The van der Waals surface area contributed by atoms with Crippen LogP contribution in [0.25, 0.3) is 17.4 Å². The molecule has 0 fully saturated rings. The zero-order valence-corrected chi connectivity index (χ0v) is 14.2. The van der Waals surface area contributed by atoms with Crippen molar-refractivity contribution in [2.45, 2.75) is 0 Å². The Morgan fingerprint density at radius 3 is 2.35 bits per heavy atom. The summed E-state index contributed by atoms with van der Waals surface area (Å²) < 4.78 is 5.64. The zero-order valence-electron chi connectivity index (χ0n) is 13.5. The van der Waals surface area contributed by atoms with Gasteiger partial charge >= 0.3 is 5.97 Å². The van der Waals surface area contributed by atoms with Gasteiger partial charge in [-0.25, -0.2) is 4.79 Å². The van der Waals surface area contributed by atoms with Gasteiger partial charge in [0.25, 0.3) is 5.91 Å². The number of halogens is 1. The first kappa shape index (κ1) is 17.5. The molecular formula is C20H14ClNO4. The zero-order chi connectivity index (χ0) is 18.5. The molecule has 0 unspecified atom stereocenters. The summed E-state index contributed by atoms with van der Waals surface area (Å²) in [7, 11) is 0.